The van der Waals surface area contributed by atoms with Gasteiger partial charge in [0.25, 0.3) is 0 Å². The highest BCUT2D eigenvalue weighted by molar-refractivity contribution is 5.89. The van der Waals surface area contributed by atoms with Crippen molar-refractivity contribution >= 4 is 23.9 Å². The Bertz CT molecular complexity index is 1050. The van der Waals surface area contributed by atoms with Crippen molar-refractivity contribution in [1.29, 1.82) is 0 Å². The Kier molecular flexibility index (Phi) is 18.0. The first-order valence-corrected chi connectivity index (χ1v) is 12.5. The standard InChI is InChI=1S/C15H16O4.C8H14O3.C7H10O3/c1-11(14(16)17)8-9-12(2)15(18)19-10-13-6-4-3-5-7-13;1-5-10-7(4)11-8(9)6(2)3;1-5(2)7(8)10-4-6-3-9-6/h3-8H,2,9-10H2,1H3,(H,16,17);7H,2,5H2,1,3-4H3;6H,1,3-4H2,2H3. The first-order valence-electron chi connectivity index (χ1n) is 12.5. The highest BCUT2D eigenvalue weighted by Gasteiger charge is 2.24. The zero-order chi connectivity index (χ0) is 30.7. The highest BCUT2D eigenvalue weighted by atomic mass is 16.7. The second kappa shape index (κ2) is 20.0. The van der Waals surface area contributed by atoms with Crippen molar-refractivity contribution in [1.82, 2.24) is 0 Å². The molecule has 1 N–H and O–H groups in total. The number of esters is 3. The lowest BCUT2D eigenvalue weighted by molar-refractivity contribution is -0.169. The lowest BCUT2D eigenvalue weighted by Crippen LogP contribution is -2.18. The van der Waals surface area contributed by atoms with Gasteiger partial charge in [0.2, 0.25) is 0 Å². The number of carbonyl (C=O) groups is 4. The summed E-state index contributed by atoms with van der Waals surface area (Å²) in [5, 5.41) is 8.67. The van der Waals surface area contributed by atoms with Crippen LogP contribution in [0.3, 0.4) is 0 Å². The fourth-order valence-electron chi connectivity index (χ4n) is 2.25. The number of hydrogen-bond donors (Lipinski definition) is 1. The maximum atomic E-state index is 11.6. The third-order valence-corrected chi connectivity index (χ3v) is 4.67. The number of rotatable bonds is 13. The normalized spacial score (nSPS) is 14.0. The second-order valence-corrected chi connectivity index (χ2v) is 8.60. The quantitative estimate of drug-likeness (QED) is 0.119. The summed E-state index contributed by atoms with van der Waals surface area (Å²) in [4.78, 5) is 43.7. The minimum Gasteiger partial charge on any atom is -0.478 e. The molecule has 2 rings (SSSR count). The fraction of sp³-hybridized carbons (Fsp3) is 0.400. The van der Waals surface area contributed by atoms with Crippen molar-refractivity contribution in [3.05, 3.63) is 84.0 Å². The molecule has 1 aromatic rings. The number of allylic oxidation sites excluding steroid dienone is 1. The van der Waals surface area contributed by atoms with Crippen LogP contribution in [-0.2, 0) is 49.5 Å². The Morgan fingerprint density at radius 1 is 1.00 bits per heavy atom. The zero-order valence-electron chi connectivity index (χ0n) is 23.9. The summed E-state index contributed by atoms with van der Waals surface area (Å²) < 4.78 is 24.4. The van der Waals surface area contributed by atoms with E-state index in [9.17, 15) is 19.2 Å². The van der Waals surface area contributed by atoms with Crippen LogP contribution in [0.1, 0.15) is 46.6 Å². The summed E-state index contributed by atoms with van der Waals surface area (Å²) in [5.74, 6) is -2.27. The molecule has 1 aliphatic rings. The summed E-state index contributed by atoms with van der Waals surface area (Å²) in [6.07, 6.45) is 1.27. The average molecular weight is 561 g/mol. The molecule has 0 spiro atoms. The average Bonchev–Trinajstić information content (AvgIpc) is 3.74. The molecule has 10 heteroatoms. The predicted octanol–water partition coefficient (Wildman–Crippen LogP) is 4.70. The smallest absolute Gasteiger partial charge is 0.335 e. The van der Waals surface area contributed by atoms with Gasteiger partial charge in [0, 0.05) is 28.9 Å². The summed E-state index contributed by atoms with van der Waals surface area (Å²) in [7, 11) is 0. The Labute approximate surface area is 235 Å². The van der Waals surface area contributed by atoms with Crippen molar-refractivity contribution in [2.75, 3.05) is 19.8 Å². The van der Waals surface area contributed by atoms with Gasteiger partial charge in [-0.05, 0) is 46.6 Å². The Balaban J connectivity index is 0.000000617. The molecule has 2 atom stereocenters. The van der Waals surface area contributed by atoms with Gasteiger partial charge in [0.15, 0.2) is 6.29 Å². The summed E-state index contributed by atoms with van der Waals surface area (Å²) in [5.41, 5.74) is 2.12. The van der Waals surface area contributed by atoms with E-state index in [1.54, 1.807) is 20.8 Å². The van der Waals surface area contributed by atoms with E-state index < -0.39 is 24.2 Å². The van der Waals surface area contributed by atoms with Crippen molar-refractivity contribution in [3.8, 4) is 0 Å². The Hall–Kier alpha value is -4.02. The molecule has 1 saturated heterocycles. The maximum Gasteiger partial charge on any atom is 0.335 e. The van der Waals surface area contributed by atoms with Gasteiger partial charge in [-0.15, -0.1) is 0 Å². The van der Waals surface area contributed by atoms with E-state index in [0.717, 1.165) is 5.56 Å². The molecule has 1 fully saturated rings. The summed E-state index contributed by atoms with van der Waals surface area (Å²) >= 11 is 0. The van der Waals surface area contributed by atoms with Gasteiger partial charge >= 0.3 is 23.9 Å². The second-order valence-electron chi connectivity index (χ2n) is 8.60. The van der Waals surface area contributed by atoms with E-state index in [1.165, 1.54) is 13.0 Å². The molecule has 1 aromatic carbocycles. The maximum absolute atomic E-state index is 11.6. The molecule has 0 radical (unpaired) electrons. The van der Waals surface area contributed by atoms with Gasteiger partial charge in [-0.1, -0.05) is 56.1 Å². The number of carbonyl (C=O) groups excluding carboxylic acids is 3. The van der Waals surface area contributed by atoms with E-state index in [0.29, 0.717) is 31.0 Å². The minimum absolute atomic E-state index is 0.142. The van der Waals surface area contributed by atoms with Gasteiger partial charge < -0.3 is 28.8 Å². The number of carboxylic acid groups (broad SMARTS) is 1. The van der Waals surface area contributed by atoms with E-state index in [4.69, 9.17) is 28.8 Å². The molecule has 220 valence electrons. The molecular formula is C30H40O10. The summed E-state index contributed by atoms with van der Waals surface area (Å²) in [6.45, 7) is 20.4. The van der Waals surface area contributed by atoms with E-state index in [-0.39, 0.29) is 36.2 Å². The Morgan fingerprint density at radius 3 is 2.05 bits per heavy atom. The SMILES string of the molecule is C=C(C)C(=O)OC(C)OCC.C=C(C)C(=O)OCC1CO1.C=C(CC=C(C)C(=O)O)C(=O)OCc1ccccc1. The lowest BCUT2D eigenvalue weighted by atomic mass is 10.1. The van der Waals surface area contributed by atoms with Gasteiger partial charge in [-0.25, -0.2) is 19.2 Å². The molecule has 0 amide bonds. The monoisotopic (exact) mass is 560 g/mol. The topological polar surface area (TPSA) is 138 Å². The predicted molar refractivity (Wildman–Crippen MR) is 149 cm³/mol. The molecule has 0 aliphatic carbocycles. The fourth-order valence-corrected chi connectivity index (χ4v) is 2.25. The molecule has 0 aromatic heterocycles. The first-order chi connectivity index (χ1) is 18.8. The first kappa shape index (κ1) is 36.0. The zero-order valence-corrected chi connectivity index (χ0v) is 23.9. The molecule has 10 nitrogen and oxygen atoms in total. The van der Waals surface area contributed by atoms with E-state index >= 15 is 0 Å². The molecule has 0 saturated carbocycles. The van der Waals surface area contributed by atoms with Crippen LogP contribution >= 0.6 is 0 Å². The molecule has 2 unspecified atom stereocenters. The van der Waals surface area contributed by atoms with Crippen molar-refractivity contribution < 1.29 is 48.0 Å². The number of aliphatic carboxylic acids is 1. The summed E-state index contributed by atoms with van der Waals surface area (Å²) in [6, 6.07) is 9.30. The number of ether oxygens (including phenoxy) is 5. The third kappa shape index (κ3) is 18.3. The number of benzene rings is 1. The Morgan fingerprint density at radius 2 is 1.57 bits per heavy atom. The van der Waals surface area contributed by atoms with Gasteiger partial charge in [-0.2, -0.15) is 0 Å². The lowest BCUT2D eigenvalue weighted by Gasteiger charge is -2.11. The largest absolute Gasteiger partial charge is 0.478 e. The van der Waals surface area contributed by atoms with E-state index in [2.05, 4.69) is 19.7 Å². The van der Waals surface area contributed by atoms with Gasteiger partial charge in [-0.3, -0.25) is 0 Å². The number of epoxide rings is 1. The molecule has 0 bridgehead atoms. The van der Waals surface area contributed by atoms with Gasteiger partial charge in [0.05, 0.1) is 6.61 Å². The molecule has 1 aliphatic heterocycles. The number of carboxylic acids is 1. The van der Waals surface area contributed by atoms with Crippen LogP contribution < -0.4 is 0 Å². The van der Waals surface area contributed by atoms with Gasteiger partial charge in [0.1, 0.15) is 19.3 Å². The van der Waals surface area contributed by atoms with Crippen molar-refractivity contribution in [2.45, 2.75) is 60.0 Å². The van der Waals surface area contributed by atoms with Crippen molar-refractivity contribution in [2.24, 2.45) is 0 Å². The van der Waals surface area contributed by atoms with Crippen LogP contribution in [0.4, 0.5) is 0 Å². The van der Waals surface area contributed by atoms with Crippen LogP contribution in [0.2, 0.25) is 0 Å². The van der Waals surface area contributed by atoms with Crippen molar-refractivity contribution in [3.63, 3.8) is 0 Å². The minimum atomic E-state index is -1.01. The van der Waals surface area contributed by atoms with Crippen LogP contribution in [0.25, 0.3) is 0 Å². The number of hydrogen-bond acceptors (Lipinski definition) is 9. The molecule has 40 heavy (non-hydrogen) atoms. The molecular weight excluding hydrogens is 520 g/mol. The highest BCUT2D eigenvalue weighted by Crippen LogP contribution is 2.10. The molecule has 1 heterocycles. The van der Waals surface area contributed by atoms with E-state index in [1.807, 2.05) is 37.3 Å². The third-order valence-electron chi connectivity index (χ3n) is 4.67. The van der Waals surface area contributed by atoms with Crippen LogP contribution in [0.5, 0.6) is 0 Å². The van der Waals surface area contributed by atoms with Crippen LogP contribution in [0, 0.1) is 0 Å². The van der Waals surface area contributed by atoms with Crippen LogP contribution in [-0.4, -0.2) is 61.2 Å². The van der Waals surface area contributed by atoms with Crippen LogP contribution in [0.15, 0.2) is 78.4 Å².